The van der Waals surface area contributed by atoms with Crippen molar-refractivity contribution in [1.82, 2.24) is 15.1 Å². The smallest absolute Gasteiger partial charge is 0.306 e. The monoisotopic (exact) mass is 283 g/mol. The SMILES string of the molecule is CC(CCCNC(=O)Cn1[nH]c(=O)ccc1=O)C(=O)O. The lowest BCUT2D eigenvalue weighted by Gasteiger charge is -2.08. The van der Waals surface area contributed by atoms with Gasteiger partial charge < -0.3 is 10.4 Å². The minimum Gasteiger partial charge on any atom is -0.481 e. The zero-order chi connectivity index (χ0) is 15.1. The minimum atomic E-state index is -0.871. The molecule has 0 saturated heterocycles. The number of carboxylic acid groups (broad SMARTS) is 1. The molecule has 0 fully saturated rings. The van der Waals surface area contributed by atoms with Crippen molar-refractivity contribution in [2.75, 3.05) is 6.54 Å². The van der Waals surface area contributed by atoms with Gasteiger partial charge in [-0.1, -0.05) is 6.92 Å². The highest BCUT2D eigenvalue weighted by atomic mass is 16.4. The van der Waals surface area contributed by atoms with E-state index in [-0.39, 0.29) is 6.54 Å². The standard InChI is InChI=1S/C12H17N3O5/c1-8(12(19)20)3-2-6-13-10(17)7-15-11(18)5-4-9(16)14-15/h4-5,8H,2-3,6-7H2,1H3,(H,13,17)(H,14,16)(H,19,20). The molecule has 0 aromatic carbocycles. The highest BCUT2D eigenvalue weighted by Crippen LogP contribution is 2.03. The van der Waals surface area contributed by atoms with Gasteiger partial charge in [-0.2, -0.15) is 0 Å². The Bertz CT molecular complexity index is 589. The zero-order valence-electron chi connectivity index (χ0n) is 11.1. The second kappa shape index (κ2) is 7.27. The van der Waals surface area contributed by atoms with Crippen LogP contribution in [0.2, 0.25) is 0 Å². The number of hydrogen-bond donors (Lipinski definition) is 3. The van der Waals surface area contributed by atoms with E-state index in [2.05, 4.69) is 10.4 Å². The molecule has 0 radical (unpaired) electrons. The lowest BCUT2D eigenvalue weighted by Crippen LogP contribution is -2.36. The fourth-order valence-corrected chi connectivity index (χ4v) is 1.54. The average molecular weight is 283 g/mol. The number of hydrogen-bond acceptors (Lipinski definition) is 4. The fraction of sp³-hybridized carbons (Fsp3) is 0.500. The molecule has 3 N–H and O–H groups in total. The summed E-state index contributed by atoms with van der Waals surface area (Å²) in [4.78, 5) is 44.5. The largest absolute Gasteiger partial charge is 0.481 e. The molecule has 8 nitrogen and oxygen atoms in total. The molecule has 0 aliphatic heterocycles. The number of rotatable bonds is 7. The predicted molar refractivity (Wildman–Crippen MR) is 70.4 cm³/mol. The number of aromatic nitrogens is 2. The molecule has 1 unspecified atom stereocenters. The van der Waals surface area contributed by atoms with Gasteiger partial charge in [0, 0.05) is 18.7 Å². The summed E-state index contributed by atoms with van der Waals surface area (Å²) in [6, 6.07) is 2.17. The number of amides is 1. The van der Waals surface area contributed by atoms with Gasteiger partial charge in [0.1, 0.15) is 6.54 Å². The zero-order valence-corrected chi connectivity index (χ0v) is 11.1. The molecule has 1 rings (SSSR count). The van der Waals surface area contributed by atoms with Gasteiger partial charge in [0.15, 0.2) is 0 Å². The number of nitrogens with one attached hydrogen (secondary N) is 2. The van der Waals surface area contributed by atoms with E-state index >= 15 is 0 Å². The summed E-state index contributed by atoms with van der Waals surface area (Å²) >= 11 is 0. The minimum absolute atomic E-state index is 0.274. The molecule has 1 amide bonds. The molecule has 0 saturated carbocycles. The van der Waals surface area contributed by atoms with Gasteiger partial charge in [0.25, 0.3) is 11.1 Å². The number of carbonyl (C=O) groups is 2. The van der Waals surface area contributed by atoms with E-state index in [1.54, 1.807) is 6.92 Å². The van der Waals surface area contributed by atoms with Gasteiger partial charge in [0.05, 0.1) is 5.92 Å². The third-order valence-corrected chi connectivity index (χ3v) is 2.75. The van der Waals surface area contributed by atoms with E-state index in [0.717, 1.165) is 16.8 Å². The van der Waals surface area contributed by atoms with Gasteiger partial charge in [-0.25, -0.2) is 4.68 Å². The molecule has 20 heavy (non-hydrogen) atoms. The van der Waals surface area contributed by atoms with Crippen molar-refractivity contribution in [2.45, 2.75) is 26.3 Å². The van der Waals surface area contributed by atoms with Crippen LogP contribution in [0.3, 0.4) is 0 Å². The average Bonchev–Trinajstić information content (AvgIpc) is 2.38. The molecule has 1 heterocycles. The van der Waals surface area contributed by atoms with Crippen LogP contribution >= 0.6 is 0 Å². The first-order chi connectivity index (χ1) is 9.40. The van der Waals surface area contributed by atoms with Crippen molar-refractivity contribution >= 4 is 11.9 Å². The van der Waals surface area contributed by atoms with Gasteiger partial charge >= 0.3 is 5.97 Å². The van der Waals surface area contributed by atoms with Crippen LogP contribution in [0.5, 0.6) is 0 Å². The molecule has 0 aliphatic carbocycles. The maximum atomic E-state index is 11.5. The normalized spacial score (nSPS) is 11.8. The molecule has 1 aromatic rings. The van der Waals surface area contributed by atoms with Gasteiger partial charge in [-0.05, 0) is 12.8 Å². The highest BCUT2D eigenvalue weighted by molar-refractivity contribution is 5.75. The summed E-state index contributed by atoms with van der Waals surface area (Å²) in [6.07, 6.45) is 0.983. The Balaban J connectivity index is 2.37. The van der Waals surface area contributed by atoms with Crippen molar-refractivity contribution in [1.29, 1.82) is 0 Å². The Morgan fingerprint density at radius 2 is 2.10 bits per heavy atom. The number of carbonyl (C=O) groups excluding carboxylic acids is 1. The van der Waals surface area contributed by atoms with Crippen LogP contribution < -0.4 is 16.4 Å². The third kappa shape index (κ3) is 5.09. The molecule has 0 bridgehead atoms. The second-order valence-electron chi connectivity index (χ2n) is 4.47. The second-order valence-corrected chi connectivity index (χ2v) is 4.47. The summed E-state index contributed by atoms with van der Waals surface area (Å²) in [5, 5.41) is 13.5. The Labute approximate surface area is 114 Å². The van der Waals surface area contributed by atoms with Gasteiger partial charge in [-0.3, -0.25) is 24.3 Å². The summed E-state index contributed by atoms with van der Waals surface area (Å²) in [5.41, 5.74) is -0.938. The van der Waals surface area contributed by atoms with E-state index in [0.29, 0.717) is 19.4 Å². The summed E-state index contributed by atoms with van der Waals surface area (Å²) in [5.74, 6) is -1.75. The molecule has 0 spiro atoms. The molecule has 1 atom stereocenters. The van der Waals surface area contributed by atoms with E-state index in [1.807, 2.05) is 0 Å². The van der Waals surface area contributed by atoms with E-state index < -0.39 is 28.9 Å². The van der Waals surface area contributed by atoms with Crippen LogP contribution in [0.4, 0.5) is 0 Å². The topological polar surface area (TPSA) is 121 Å². The lowest BCUT2D eigenvalue weighted by molar-refractivity contribution is -0.141. The summed E-state index contributed by atoms with van der Waals surface area (Å²) in [7, 11) is 0. The van der Waals surface area contributed by atoms with Gasteiger partial charge in [-0.15, -0.1) is 0 Å². The number of aliphatic carboxylic acids is 1. The van der Waals surface area contributed by atoms with Crippen molar-refractivity contribution in [3.63, 3.8) is 0 Å². The third-order valence-electron chi connectivity index (χ3n) is 2.75. The van der Waals surface area contributed by atoms with Crippen LogP contribution in [0.1, 0.15) is 19.8 Å². The molecular weight excluding hydrogens is 266 g/mol. The first-order valence-corrected chi connectivity index (χ1v) is 6.20. The van der Waals surface area contributed by atoms with E-state index in [1.165, 1.54) is 0 Å². The Kier molecular flexibility index (Phi) is 5.70. The fourth-order valence-electron chi connectivity index (χ4n) is 1.54. The maximum Gasteiger partial charge on any atom is 0.306 e. The maximum absolute atomic E-state index is 11.5. The quantitative estimate of drug-likeness (QED) is 0.563. The first kappa shape index (κ1) is 15.7. The first-order valence-electron chi connectivity index (χ1n) is 6.20. The van der Waals surface area contributed by atoms with Crippen molar-refractivity contribution in [3.8, 4) is 0 Å². The van der Waals surface area contributed by atoms with E-state index in [4.69, 9.17) is 5.11 Å². The van der Waals surface area contributed by atoms with Crippen molar-refractivity contribution < 1.29 is 14.7 Å². The van der Waals surface area contributed by atoms with Crippen LogP contribution in [-0.4, -0.2) is 33.3 Å². The lowest BCUT2D eigenvalue weighted by atomic mass is 10.1. The predicted octanol–water partition coefficient (Wildman–Crippen LogP) is -0.846. The number of H-pyrrole nitrogens is 1. The van der Waals surface area contributed by atoms with Crippen molar-refractivity contribution in [3.05, 3.63) is 32.8 Å². The summed E-state index contributed by atoms with van der Waals surface area (Å²) in [6.45, 7) is 1.64. The molecular formula is C12H17N3O5. The van der Waals surface area contributed by atoms with Crippen LogP contribution in [0.15, 0.2) is 21.7 Å². The Morgan fingerprint density at radius 3 is 2.75 bits per heavy atom. The highest BCUT2D eigenvalue weighted by Gasteiger charge is 2.10. The number of nitrogens with zero attached hydrogens (tertiary/aromatic N) is 1. The van der Waals surface area contributed by atoms with Crippen LogP contribution in [-0.2, 0) is 16.1 Å². The number of aromatic amines is 1. The van der Waals surface area contributed by atoms with Crippen LogP contribution in [0, 0.1) is 5.92 Å². The summed E-state index contributed by atoms with van der Waals surface area (Å²) < 4.78 is 0.914. The molecule has 110 valence electrons. The molecule has 0 aliphatic rings. The molecule has 1 aromatic heterocycles. The Morgan fingerprint density at radius 1 is 1.40 bits per heavy atom. The Hall–Kier alpha value is -2.38. The number of carboxylic acids is 1. The molecule has 8 heteroatoms. The van der Waals surface area contributed by atoms with Crippen molar-refractivity contribution in [2.24, 2.45) is 5.92 Å². The van der Waals surface area contributed by atoms with E-state index in [9.17, 15) is 19.2 Å². The van der Waals surface area contributed by atoms with Gasteiger partial charge in [0.2, 0.25) is 5.91 Å². The van der Waals surface area contributed by atoms with Crippen LogP contribution in [0.25, 0.3) is 0 Å².